The zero-order valence-electron chi connectivity index (χ0n) is 46.5. The number of aromatic nitrogens is 1. The van der Waals surface area contributed by atoms with Gasteiger partial charge in [-0.05, 0) is 132 Å². The molecule has 4 heterocycles. The molecule has 2 aliphatic heterocycles. The first kappa shape index (κ1) is 38.5. The molecule has 0 aliphatic carbocycles. The van der Waals surface area contributed by atoms with Gasteiger partial charge in [0.2, 0.25) is 0 Å². The van der Waals surface area contributed by atoms with Crippen molar-refractivity contribution < 1.29 is 16.3 Å². The van der Waals surface area contributed by atoms with Crippen molar-refractivity contribution >= 4 is 76.4 Å². The van der Waals surface area contributed by atoms with Crippen LogP contribution in [0.15, 0.2) is 206 Å². The summed E-state index contributed by atoms with van der Waals surface area (Å²) in [6, 6.07) is 61.3. The topological polar surface area (TPSA) is 23.4 Å². The van der Waals surface area contributed by atoms with Crippen LogP contribution >= 0.6 is 11.3 Å². The standard InChI is InChI=1S/C68H52BNO2S/c1-67(2,3)47-27-29-50-51-30-28-48(68(4,5)6)40-58(51)70(57(50)39-47)56-22-15-21-49(44-26-33-64-53(34-44)52-20-13-14-23-63(52)73-64)65(56)45-25-32-59-55(35-45)69-54-31-24-43(41-16-9-7-10-17-41)36-60(54)72-62-38-46(37-61(71-59)66(62)69)42-18-11-8-12-19-42/h7-40H,1-6H3/i8D,11D,12D,18D,19D. The first-order chi connectivity index (χ1) is 37.5. The first-order valence-corrected chi connectivity index (χ1v) is 25.9. The van der Waals surface area contributed by atoms with Crippen molar-refractivity contribution in [3.63, 3.8) is 0 Å². The van der Waals surface area contributed by atoms with Gasteiger partial charge < -0.3 is 14.0 Å². The Labute approximate surface area is 438 Å². The van der Waals surface area contributed by atoms with Gasteiger partial charge in [0.25, 0.3) is 6.71 Å². The molecule has 0 radical (unpaired) electrons. The molecule has 0 saturated carbocycles. The second-order valence-electron chi connectivity index (χ2n) is 21.7. The third-order valence-corrected chi connectivity index (χ3v) is 16.3. The summed E-state index contributed by atoms with van der Waals surface area (Å²) < 4.78 is 62.4. The number of fused-ring (bicyclic) bond motifs is 10. The Kier molecular flexibility index (Phi) is 8.55. The number of hydrogen-bond acceptors (Lipinski definition) is 3. The lowest BCUT2D eigenvalue weighted by atomic mass is 9.34. The van der Waals surface area contributed by atoms with Crippen molar-refractivity contribution in [2.24, 2.45) is 0 Å². The number of rotatable bonds is 5. The molecule has 0 atom stereocenters. The number of ether oxygens (including phenoxy) is 2. The normalized spacial score (nSPS) is 13.9. The molecule has 0 spiro atoms. The number of thiophene rings is 1. The molecule has 3 nitrogen and oxygen atoms in total. The van der Waals surface area contributed by atoms with E-state index in [1.54, 1.807) is 6.07 Å². The lowest BCUT2D eigenvalue weighted by Gasteiger charge is -2.34. The maximum absolute atomic E-state index is 8.98. The lowest BCUT2D eigenvalue weighted by Crippen LogP contribution is -2.57. The molecular formula is C68H52BNO2S. The van der Waals surface area contributed by atoms with Crippen LogP contribution < -0.4 is 25.9 Å². The molecule has 14 rings (SSSR count). The minimum Gasteiger partial charge on any atom is -0.458 e. The Bertz CT molecular complexity index is 4450. The van der Waals surface area contributed by atoms with Crippen LogP contribution in [-0.2, 0) is 10.8 Å². The van der Waals surface area contributed by atoms with Gasteiger partial charge in [0.15, 0.2) is 0 Å². The maximum Gasteiger partial charge on any atom is 0.260 e. The third-order valence-electron chi connectivity index (χ3n) is 15.1. The smallest absolute Gasteiger partial charge is 0.260 e. The van der Waals surface area contributed by atoms with Gasteiger partial charge in [0, 0.05) is 42.0 Å². The monoisotopic (exact) mass is 962 g/mol. The fourth-order valence-electron chi connectivity index (χ4n) is 11.4. The number of hydrogen-bond donors (Lipinski definition) is 0. The highest BCUT2D eigenvalue weighted by atomic mass is 32.1. The molecule has 0 unspecified atom stereocenters. The highest BCUT2D eigenvalue weighted by Crippen LogP contribution is 2.46. The van der Waals surface area contributed by atoms with Gasteiger partial charge in [-0.1, -0.05) is 187 Å². The van der Waals surface area contributed by atoms with Crippen molar-refractivity contribution in [1.29, 1.82) is 0 Å². The average molecular weight is 963 g/mol. The van der Waals surface area contributed by atoms with Gasteiger partial charge in [-0.3, -0.25) is 0 Å². The van der Waals surface area contributed by atoms with E-state index in [0.717, 1.165) is 66.5 Å². The van der Waals surface area contributed by atoms with E-state index in [-0.39, 0.29) is 35.2 Å². The molecule has 0 amide bonds. The lowest BCUT2D eigenvalue weighted by molar-refractivity contribution is 0.465. The Hall–Kier alpha value is -8.12. The van der Waals surface area contributed by atoms with Gasteiger partial charge in [0.05, 0.1) is 23.6 Å². The molecule has 0 fully saturated rings. The number of benzene rings is 10. The van der Waals surface area contributed by atoms with Crippen molar-refractivity contribution in [2.45, 2.75) is 52.4 Å². The molecule has 12 aromatic rings. The van der Waals surface area contributed by atoms with E-state index in [0.29, 0.717) is 28.6 Å². The Morgan fingerprint density at radius 3 is 1.81 bits per heavy atom. The fourth-order valence-corrected chi connectivity index (χ4v) is 12.5. The molecular weight excluding hydrogens is 906 g/mol. The summed E-state index contributed by atoms with van der Waals surface area (Å²) in [6.07, 6.45) is 0. The summed E-state index contributed by atoms with van der Waals surface area (Å²) in [5, 5.41) is 4.86. The molecule has 2 aromatic heterocycles. The predicted octanol–water partition coefficient (Wildman–Crippen LogP) is 17.1. The second kappa shape index (κ2) is 16.2. The molecule has 0 bridgehead atoms. The molecule has 2 aliphatic rings. The Morgan fingerprint density at radius 1 is 0.438 bits per heavy atom. The zero-order valence-corrected chi connectivity index (χ0v) is 42.3. The summed E-state index contributed by atoms with van der Waals surface area (Å²) in [5.74, 6) is 2.33. The molecule has 10 aromatic carbocycles. The SMILES string of the molecule is [2H]c1c([2H])c([2H])c(-c2cc3c4c(c2)Oc2ccc(-c5c(-c6ccc7sc8ccccc8c7c6)cccc5-n5c6cc(C(C)(C)C)ccc6c6ccc(C(C)(C)C)cc65)cc2B4c2ccc(-c4ccccc4)cc2O3)c([2H])c1[2H]. The summed E-state index contributed by atoms with van der Waals surface area (Å²) in [7, 11) is 0. The molecule has 73 heavy (non-hydrogen) atoms. The molecule has 0 N–H and O–H groups in total. The molecule has 350 valence electrons. The van der Waals surface area contributed by atoms with Crippen LogP contribution in [0.1, 0.15) is 59.5 Å². The maximum atomic E-state index is 8.98. The van der Waals surface area contributed by atoms with Crippen molar-refractivity contribution in [2.75, 3.05) is 0 Å². The van der Waals surface area contributed by atoms with E-state index >= 15 is 0 Å². The Morgan fingerprint density at radius 2 is 1.08 bits per heavy atom. The van der Waals surface area contributed by atoms with Gasteiger partial charge in [-0.15, -0.1) is 11.3 Å². The zero-order chi connectivity index (χ0) is 53.7. The van der Waals surface area contributed by atoms with Crippen LogP contribution in [0.2, 0.25) is 0 Å². The van der Waals surface area contributed by atoms with Gasteiger partial charge in [-0.25, -0.2) is 0 Å². The van der Waals surface area contributed by atoms with Gasteiger partial charge in [-0.2, -0.15) is 0 Å². The van der Waals surface area contributed by atoms with E-state index in [9.17, 15) is 0 Å². The summed E-state index contributed by atoms with van der Waals surface area (Å²) >= 11 is 1.82. The summed E-state index contributed by atoms with van der Waals surface area (Å²) in [4.78, 5) is 0. The first-order valence-electron chi connectivity index (χ1n) is 27.6. The van der Waals surface area contributed by atoms with Crippen LogP contribution in [0.3, 0.4) is 0 Å². The molecule has 5 heteroatoms. The van der Waals surface area contributed by atoms with Crippen molar-refractivity contribution in [3.05, 3.63) is 217 Å². The van der Waals surface area contributed by atoms with Crippen molar-refractivity contribution in [1.82, 2.24) is 4.57 Å². The quantitative estimate of drug-likeness (QED) is 0.161. The highest BCUT2D eigenvalue weighted by molar-refractivity contribution is 7.25. The van der Waals surface area contributed by atoms with Crippen molar-refractivity contribution in [3.8, 4) is 73.2 Å². The fraction of sp³-hybridized carbons (Fsp3) is 0.118. The van der Waals surface area contributed by atoms with E-state index in [1.165, 1.54) is 42.1 Å². The van der Waals surface area contributed by atoms with E-state index in [4.69, 9.17) is 16.3 Å². The van der Waals surface area contributed by atoms with Gasteiger partial charge >= 0.3 is 0 Å². The predicted molar refractivity (Wildman–Crippen MR) is 311 cm³/mol. The highest BCUT2D eigenvalue weighted by Gasteiger charge is 2.41. The van der Waals surface area contributed by atoms with Crippen LogP contribution in [0.4, 0.5) is 0 Å². The average Bonchev–Trinajstić information content (AvgIpc) is 4.10. The largest absolute Gasteiger partial charge is 0.458 e. The van der Waals surface area contributed by atoms with Gasteiger partial charge in [0.1, 0.15) is 23.0 Å². The van der Waals surface area contributed by atoms with E-state index in [1.807, 2.05) is 35.6 Å². The van der Waals surface area contributed by atoms with E-state index < -0.39 is 18.1 Å². The van der Waals surface area contributed by atoms with Crippen LogP contribution in [0, 0.1) is 0 Å². The summed E-state index contributed by atoms with van der Waals surface area (Å²) in [6.45, 7) is 13.3. The third kappa shape index (κ3) is 7.08. The van der Waals surface area contributed by atoms with E-state index in [2.05, 4.69) is 192 Å². The van der Waals surface area contributed by atoms with Crippen LogP contribution in [0.5, 0.6) is 23.0 Å². The van der Waals surface area contributed by atoms with Crippen LogP contribution in [0.25, 0.3) is 92.2 Å². The number of nitrogens with zero attached hydrogens (tertiary/aromatic N) is 1. The molecule has 0 saturated heterocycles. The minimum absolute atomic E-state index is 0.0841. The second-order valence-corrected chi connectivity index (χ2v) is 22.8. The minimum atomic E-state index is -0.444. The Balaban J connectivity index is 1.05. The summed E-state index contributed by atoms with van der Waals surface area (Å²) in [5.41, 5.74) is 15.2. The van der Waals surface area contributed by atoms with Crippen LogP contribution in [-0.4, -0.2) is 11.3 Å².